The molecule has 0 fully saturated rings. The third-order valence-electron chi connectivity index (χ3n) is 3.13. The Kier molecular flexibility index (Phi) is 6.06. The lowest BCUT2D eigenvalue weighted by Crippen LogP contribution is -2.27. The Bertz CT molecular complexity index is 874. The molecule has 0 aliphatic rings. The Morgan fingerprint density at radius 3 is 2.30 bits per heavy atom. The Hall–Kier alpha value is -3.07. The van der Waals surface area contributed by atoms with Crippen molar-refractivity contribution in [1.29, 1.82) is 0 Å². The zero-order valence-electron chi connectivity index (χ0n) is 14.9. The maximum absolute atomic E-state index is 11.8. The van der Waals surface area contributed by atoms with Crippen LogP contribution in [0.4, 0.5) is 16.2 Å². The zero-order chi connectivity index (χ0) is 20.2. The first-order valence-electron chi connectivity index (χ1n) is 7.85. The lowest BCUT2D eigenvalue weighted by atomic mass is 10.2. The van der Waals surface area contributed by atoms with E-state index in [-0.39, 0.29) is 16.9 Å². The van der Waals surface area contributed by atoms with Crippen molar-refractivity contribution in [2.75, 3.05) is 5.32 Å². The average molecular weight is 390 g/mol. The van der Waals surface area contributed by atoms with E-state index >= 15 is 0 Å². The summed E-state index contributed by atoms with van der Waals surface area (Å²) < 4.78 is 5.14. The summed E-state index contributed by atoms with van der Waals surface area (Å²) >= 11 is 1.15. The van der Waals surface area contributed by atoms with Crippen molar-refractivity contribution < 1.29 is 24.4 Å². The molecule has 142 valence electrons. The first-order chi connectivity index (χ1) is 12.5. The van der Waals surface area contributed by atoms with Gasteiger partial charge in [0.1, 0.15) is 5.60 Å². The van der Waals surface area contributed by atoms with Crippen LogP contribution < -0.4 is 5.32 Å². The fourth-order valence-electron chi connectivity index (χ4n) is 2.05. The van der Waals surface area contributed by atoms with E-state index in [1.807, 2.05) is 0 Å². The van der Waals surface area contributed by atoms with Gasteiger partial charge in [0.2, 0.25) is 0 Å². The summed E-state index contributed by atoms with van der Waals surface area (Å²) in [5, 5.41) is 22.7. The Morgan fingerprint density at radius 2 is 1.78 bits per heavy atom. The standard InChI is InChI=1S/C18H18N2O6S/c1-18(2,3)26-17(23)19-11-4-9-15(14(10-11)16(21)22)27-13-7-5-12(6-8-13)20(24)25/h4-10H,1-3H3,(H,19,23)(H,21,22). The quantitative estimate of drug-likeness (QED) is 0.556. The van der Waals surface area contributed by atoms with Gasteiger partial charge in [-0.05, 0) is 51.1 Å². The molecule has 0 saturated heterocycles. The smallest absolute Gasteiger partial charge is 0.412 e. The van der Waals surface area contributed by atoms with Gasteiger partial charge in [-0.3, -0.25) is 15.4 Å². The third kappa shape index (κ3) is 6.00. The summed E-state index contributed by atoms with van der Waals surface area (Å²) in [5.74, 6) is -1.16. The van der Waals surface area contributed by atoms with Gasteiger partial charge in [-0.15, -0.1) is 0 Å². The number of nitrogens with one attached hydrogen (secondary N) is 1. The number of anilines is 1. The largest absolute Gasteiger partial charge is 0.478 e. The van der Waals surface area contributed by atoms with Crippen LogP contribution in [0.1, 0.15) is 31.1 Å². The molecule has 8 nitrogen and oxygen atoms in total. The highest BCUT2D eigenvalue weighted by Crippen LogP contribution is 2.33. The summed E-state index contributed by atoms with van der Waals surface area (Å²) in [6, 6.07) is 10.2. The van der Waals surface area contributed by atoms with Crippen LogP contribution in [0.2, 0.25) is 0 Å². The number of nitro groups is 1. The van der Waals surface area contributed by atoms with Gasteiger partial charge < -0.3 is 9.84 Å². The molecule has 2 N–H and O–H groups in total. The number of benzene rings is 2. The predicted molar refractivity (Wildman–Crippen MR) is 100 cm³/mol. The van der Waals surface area contributed by atoms with E-state index in [0.29, 0.717) is 9.79 Å². The molecule has 0 aliphatic carbocycles. The SMILES string of the molecule is CC(C)(C)OC(=O)Nc1ccc(Sc2ccc([N+](=O)[O-])cc2)c(C(=O)O)c1. The maximum Gasteiger partial charge on any atom is 0.412 e. The van der Waals surface area contributed by atoms with Crippen LogP contribution in [-0.4, -0.2) is 27.7 Å². The molecule has 2 rings (SSSR count). The first kappa shape index (κ1) is 20.2. The molecule has 0 aliphatic heterocycles. The second-order valence-electron chi connectivity index (χ2n) is 6.50. The van der Waals surface area contributed by atoms with E-state index in [1.165, 1.54) is 18.2 Å². The summed E-state index contributed by atoms with van der Waals surface area (Å²) in [4.78, 5) is 34.7. The molecule has 0 saturated carbocycles. The molecule has 1 amide bonds. The van der Waals surface area contributed by atoms with Crippen LogP contribution in [0.25, 0.3) is 0 Å². The number of hydrogen-bond donors (Lipinski definition) is 2. The van der Waals surface area contributed by atoms with Crippen molar-refractivity contribution in [2.45, 2.75) is 36.2 Å². The molecule has 0 atom stereocenters. The molecule has 0 bridgehead atoms. The van der Waals surface area contributed by atoms with Gasteiger partial charge in [-0.1, -0.05) is 11.8 Å². The molecule has 27 heavy (non-hydrogen) atoms. The highest BCUT2D eigenvalue weighted by atomic mass is 32.2. The van der Waals surface area contributed by atoms with E-state index in [0.717, 1.165) is 11.8 Å². The van der Waals surface area contributed by atoms with Gasteiger partial charge in [0, 0.05) is 27.6 Å². The number of carbonyl (C=O) groups excluding carboxylic acids is 1. The number of carboxylic acids is 1. The molecule has 2 aromatic rings. The van der Waals surface area contributed by atoms with E-state index in [1.54, 1.807) is 45.0 Å². The van der Waals surface area contributed by atoms with Gasteiger partial charge in [0.25, 0.3) is 5.69 Å². The van der Waals surface area contributed by atoms with Gasteiger partial charge in [0.15, 0.2) is 0 Å². The van der Waals surface area contributed by atoms with Crippen LogP contribution in [0.15, 0.2) is 52.3 Å². The van der Waals surface area contributed by atoms with Crippen LogP contribution in [0.5, 0.6) is 0 Å². The monoisotopic (exact) mass is 390 g/mol. The molecular weight excluding hydrogens is 372 g/mol. The minimum atomic E-state index is -1.16. The molecule has 0 heterocycles. The van der Waals surface area contributed by atoms with Crippen LogP contribution >= 0.6 is 11.8 Å². The molecule has 0 spiro atoms. The average Bonchev–Trinajstić information content (AvgIpc) is 2.54. The fourth-order valence-corrected chi connectivity index (χ4v) is 2.97. The van der Waals surface area contributed by atoms with Crippen molar-refractivity contribution in [2.24, 2.45) is 0 Å². The summed E-state index contributed by atoms with van der Waals surface area (Å²) in [7, 11) is 0. The van der Waals surface area contributed by atoms with Gasteiger partial charge >= 0.3 is 12.1 Å². The predicted octanol–water partition coefficient (Wildman–Crippen LogP) is 4.79. The van der Waals surface area contributed by atoms with E-state index < -0.39 is 22.6 Å². The third-order valence-corrected chi connectivity index (χ3v) is 4.21. The number of amides is 1. The minimum Gasteiger partial charge on any atom is -0.478 e. The number of non-ortho nitro benzene ring substituents is 1. The minimum absolute atomic E-state index is 0.00749. The normalized spacial score (nSPS) is 10.9. The van der Waals surface area contributed by atoms with E-state index in [2.05, 4.69) is 5.32 Å². The first-order valence-corrected chi connectivity index (χ1v) is 8.66. The Morgan fingerprint density at radius 1 is 1.15 bits per heavy atom. The molecule has 0 radical (unpaired) electrons. The zero-order valence-corrected chi connectivity index (χ0v) is 15.7. The van der Waals surface area contributed by atoms with E-state index in [4.69, 9.17) is 4.74 Å². The van der Waals surface area contributed by atoms with Gasteiger partial charge in [-0.25, -0.2) is 9.59 Å². The number of nitrogens with zero attached hydrogens (tertiary/aromatic N) is 1. The number of hydrogen-bond acceptors (Lipinski definition) is 6. The lowest BCUT2D eigenvalue weighted by molar-refractivity contribution is -0.384. The summed E-state index contributed by atoms with van der Waals surface area (Å²) in [6.07, 6.45) is -0.686. The van der Waals surface area contributed by atoms with Crippen LogP contribution in [-0.2, 0) is 4.74 Å². The topological polar surface area (TPSA) is 119 Å². The number of carbonyl (C=O) groups is 2. The molecule has 0 unspecified atom stereocenters. The Balaban J connectivity index is 2.21. The van der Waals surface area contributed by atoms with Crippen molar-refractivity contribution >= 4 is 35.2 Å². The molecular formula is C18H18N2O6S. The Labute approximate surface area is 159 Å². The second-order valence-corrected chi connectivity index (χ2v) is 7.61. The van der Waals surface area contributed by atoms with Crippen molar-refractivity contribution in [3.8, 4) is 0 Å². The van der Waals surface area contributed by atoms with Gasteiger partial charge in [-0.2, -0.15) is 0 Å². The lowest BCUT2D eigenvalue weighted by Gasteiger charge is -2.20. The summed E-state index contributed by atoms with van der Waals surface area (Å²) in [5.41, 5.74) is -0.442. The highest BCUT2D eigenvalue weighted by molar-refractivity contribution is 7.99. The molecule has 0 aromatic heterocycles. The molecule has 9 heteroatoms. The van der Waals surface area contributed by atoms with Crippen molar-refractivity contribution in [1.82, 2.24) is 0 Å². The van der Waals surface area contributed by atoms with Crippen LogP contribution in [0, 0.1) is 10.1 Å². The number of ether oxygens (including phenoxy) is 1. The number of nitro benzene ring substituents is 1. The fraction of sp³-hybridized carbons (Fsp3) is 0.222. The number of rotatable bonds is 5. The number of carboxylic acid groups (broad SMARTS) is 1. The highest BCUT2D eigenvalue weighted by Gasteiger charge is 2.18. The number of aromatic carboxylic acids is 1. The second kappa shape index (κ2) is 8.09. The van der Waals surface area contributed by atoms with Gasteiger partial charge in [0.05, 0.1) is 10.5 Å². The van der Waals surface area contributed by atoms with E-state index in [9.17, 15) is 24.8 Å². The summed E-state index contributed by atoms with van der Waals surface area (Å²) in [6.45, 7) is 5.16. The van der Waals surface area contributed by atoms with Crippen LogP contribution in [0.3, 0.4) is 0 Å². The van der Waals surface area contributed by atoms with Crippen molar-refractivity contribution in [3.05, 3.63) is 58.1 Å². The maximum atomic E-state index is 11.8. The molecule has 2 aromatic carbocycles. The van der Waals surface area contributed by atoms with Crippen molar-refractivity contribution in [3.63, 3.8) is 0 Å².